The first kappa shape index (κ1) is 24.2. The zero-order valence-corrected chi connectivity index (χ0v) is 19.6. The number of nitrogens with one attached hydrogen (secondary N) is 2. The van der Waals surface area contributed by atoms with E-state index in [1.54, 1.807) is 20.8 Å². The number of aromatic nitrogens is 1. The minimum absolute atomic E-state index is 0.0168. The number of ether oxygens (including phenoxy) is 1. The number of esters is 1. The van der Waals surface area contributed by atoms with Gasteiger partial charge in [0.25, 0.3) is 0 Å². The quantitative estimate of drug-likeness (QED) is 0.607. The SMILES string of the molecule is CCOC(=O)c1c(C)[nH]c(C)c1S(=O)(=O)N1CCCC(C(=O)Nc2ccc(F)c(Cl)c2)C1. The monoisotopic (exact) mass is 485 g/mol. The Morgan fingerprint density at radius 3 is 2.69 bits per heavy atom. The molecule has 1 saturated heterocycles. The molecule has 174 valence electrons. The average molecular weight is 486 g/mol. The van der Waals surface area contributed by atoms with Crippen LogP contribution in [0.3, 0.4) is 0 Å². The normalized spacial score (nSPS) is 17.2. The van der Waals surface area contributed by atoms with Gasteiger partial charge < -0.3 is 15.0 Å². The first-order valence-corrected chi connectivity index (χ1v) is 12.0. The molecule has 1 aliphatic heterocycles. The third-order valence-electron chi connectivity index (χ3n) is 5.34. The van der Waals surface area contributed by atoms with E-state index in [2.05, 4.69) is 10.3 Å². The van der Waals surface area contributed by atoms with E-state index in [0.717, 1.165) is 6.07 Å². The van der Waals surface area contributed by atoms with Crippen molar-refractivity contribution >= 4 is 39.2 Å². The van der Waals surface area contributed by atoms with Gasteiger partial charge in [0.05, 0.1) is 17.5 Å². The van der Waals surface area contributed by atoms with E-state index in [0.29, 0.717) is 29.9 Å². The number of sulfonamides is 1. The summed E-state index contributed by atoms with van der Waals surface area (Å²) in [5, 5.41) is 2.54. The number of nitrogens with zero attached hydrogens (tertiary/aromatic N) is 1. The first-order chi connectivity index (χ1) is 15.1. The fourth-order valence-corrected chi connectivity index (χ4v) is 5.97. The van der Waals surface area contributed by atoms with Crippen LogP contribution in [0.15, 0.2) is 23.1 Å². The number of aryl methyl sites for hydroxylation is 2. The molecule has 1 aromatic carbocycles. The fourth-order valence-electron chi connectivity index (χ4n) is 3.85. The number of benzene rings is 1. The highest BCUT2D eigenvalue weighted by molar-refractivity contribution is 7.89. The fraction of sp³-hybridized carbons (Fsp3) is 0.429. The Balaban J connectivity index is 1.83. The molecule has 0 spiro atoms. The summed E-state index contributed by atoms with van der Waals surface area (Å²) in [6, 6.07) is 3.82. The van der Waals surface area contributed by atoms with Crippen LogP contribution in [-0.2, 0) is 19.6 Å². The van der Waals surface area contributed by atoms with E-state index in [9.17, 15) is 22.4 Å². The van der Waals surface area contributed by atoms with Gasteiger partial charge in [-0.3, -0.25) is 4.79 Å². The van der Waals surface area contributed by atoms with Crippen molar-refractivity contribution in [2.45, 2.75) is 38.5 Å². The number of piperidine rings is 1. The van der Waals surface area contributed by atoms with E-state index >= 15 is 0 Å². The molecule has 0 bridgehead atoms. The van der Waals surface area contributed by atoms with Gasteiger partial charge in [0.15, 0.2) is 0 Å². The second kappa shape index (κ2) is 9.60. The largest absolute Gasteiger partial charge is 0.462 e. The molecule has 1 fully saturated rings. The summed E-state index contributed by atoms with van der Waals surface area (Å²) in [6.07, 6.45) is 0.960. The van der Waals surface area contributed by atoms with Crippen LogP contribution in [0.4, 0.5) is 10.1 Å². The second-order valence-electron chi connectivity index (χ2n) is 7.62. The molecule has 1 unspecified atom stereocenters. The Hall–Kier alpha value is -2.43. The van der Waals surface area contributed by atoms with Gasteiger partial charge in [-0.15, -0.1) is 0 Å². The standard InChI is InChI=1S/C21H25ClFN3O5S/c1-4-31-21(28)18-12(2)24-13(3)19(18)32(29,30)26-9-5-6-14(11-26)20(27)25-15-7-8-17(23)16(22)10-15/h7-8,10,14,24H,4-6,9,11H2,1-3H3,(H,25,27). The van der Waals surface area contributed by atoms with Crippen LogP contribution in [0.1, 0.15) is 41.5 Å². The van der Waals surface area contributed by atoms with Crippen molar-refractivity contribution in [3.05, 3.63) is 46.0 Å². The number of amides is 1. The number of rotatable bonds is 6. The van der Waals surface area contributed by atoms with Gasteiger partial charge in [0, 0.05) is 30.2 Å². The highest BCUT2D eigenvalue weighted by atomic mass is 35.5. The Bertz CT molecular complexity index is 1150. The van der Waals surface area contributed by atoms with E-state index in [-0.39, 0.29) is 41.1 Å². The molecule has 2 aromatic rings. The van der Waals surface area contributed by atoms with E-state index in [4.69, 9.17) is 16.3 Å². The van der Waals surface area contributed by atoms with Gasteiger partial charge in [-0.05, 0) is 51.8 Å². The molecule has 0 aliphatic carbocycles. The molecule has 2 N–H and O–H groups in total. The topological polar surface area (TPSA) is 109 Å². The van der Waals surface area contributed by atoms with Gasteiger partial charge >= 0.3 is 5.97 Å². The van der Waals surface area contributed by atoms with Crippen molar-refractivity contribution in [1.82, 2.24) is 9.29 Å². The minimum atomic E-state index is -4.07. The zero-order chi connectivity index (χ0) is 23.6. The van der Waals surface area contributed by atoms with Crippen molar-refractivity contribution in [3.8, 4) is 0 Å². The number of hydrogen-bond donors (Lipinski definition) is 2. The van der Waals surface area contributed by atoms with Crippen molar-refractivity contribution in [3.63, 3.8) is 0 Å². The average Bonchev–Trinajstić information content (AvgIpc) is 3.05. The van der Waals surface area contributed by atoms with E-state index < -0.39 is 27.7 Å². The maximum atomic E-state index is 13.5. The number of aromatic amines is 1. The van der Waals surface area contributed by atoms with Gasteiger partial charge in [0.2, 0.25) is 15.9 Å². The van der Waals surface area contributed by atoms with Crippen molar-refractivity contribution in [2.75, 3.05) is 25.0 Å². The van der Waals surface area contributed by atoms with Gasteiger partial charge in [-0.25, -0.2) is 17.6 Å². The Kier molecular flexibility index (Phi) is 7.26. The molecule has 3 rings (SSSR count). The summed E-state index contributed by atoms with van der Waals surface area (Å²) >= 11 is 5.76. The highest BCUT2D eigenvalue weighted by Gasteiger charge is 2.38. The maximum absolute atomic E-state index is 13.5. The third kappa shape index (κ3) is 4.82. The van der Waals surface area contributed by atoms with Gasteiger partial charge in [0.1, 0.15) is 16.3 Å². The molecular weight excluding hydrogens is 461 g/mol. The number of halogens is 2. The predicted molar refractivity (Wildman–Crippen MR) is 118 cm³/mol. The minimum Gasteiger partial charge on any atom is -0.462 e. The molecule has 1 aromatic heterocycles. The van der Waals surface area contributed by atoms with E-state index in [1.165, 1.54) is 16.4 Å². The van der Waals surface area contributed by atoms with Crippen molar-refractivity contribution in [1.29, 1.82) is 0 Å². The third-order valence-corrected chi connectivity index (χ3v) is 7.66. The van der Waals surface area contributed by atoms with Gasteiger partial charge in [-0.2, -0.15) is 4.31 Å². The molecule has 1 atom stereocenters. The molecule has 11 heteroatoms. The van der Waals surface area contributed by atoms with Crippen molar-refractivity contribution < 1.29 is 27.1 Å². The first-order valence-electron chi connectivity index (χ1n) is 10.2. The molecule has 1 amide bonds. The van der Waals surface area contributed by atoms with Crippen LogP contribution >= 0.6 is 11.6 Å². The van der Waals surface area contributed by atoms with Crippen LogP contribution in [0, 0.1) is 25.6 Å². The number of H-pyrrole nitrogens is 1. The molecule has 0 saturated carbocycles. The van der Waals surface area contributed by atoms with Crippen LogP contribution in [-0.4, -0.2) is 49.3 Å². The lowest BCUT2D eigenvalue weighted by Gasteiger charge is -2.31. The Morgan fingerprint density at radius 2 is 2.03 bits per heavy atom. The molecule has 2 heterocycles. The number of anilines is 1. The van der Waals surface area contributed by atoms with E-state index in [1.807, 2.05) is 0 Å². The maximum Gasteiger partial charge on any atom is 0.341 e. The molecule has 1 aliphatic rings. The van der Waals surface area contributed by atoms with Crippen LogP contribution in [0.25, 0.3) is 0 Å². The van der Waals surface area contributed by atoms with Gasteiger partial charge in [-0.1, -0.05) is 11.6 Å². The molecule has 8 nitrogen and oxygen atoms in total. The van der Waals surface area contributed by atoms with Crippen molar-refractivity contribution in [2.24, 2.45) is 5.92 Å². The summed E-state index contributed by atoms with van der Waals surface area (Å²) < 4.78 is 46.6. The summed E-state index contributed by atoms with van der Waals surface area (Å²) in [4.78, 5) is 28.0. The number of hydrogen-bond acceptors (Lipinski definition) is 5. The van der Waals surface area contributed by atoms with Crippen LogP contribution < -0.4 is 5.32 Å². The zero-order valence-electron chi connectivity index (χ0n) is 18.0. The summed E-state index contributed by atoms with van der Waals surface area (Å²) in [5.41, 5.74) is 1.04. The van der Waals surface area contributed by atoms with Crippen LogP contribution in [0.5, 0.6) is 0 Å². The summed E-state index contributed by atoms with van der Waals surface area (Å²) in [7, 11) is -4.07. The Labute approximate surface area is 191 Å². The number of carbonyl (C=O) groups excluding carboxylic acids is 2. The molecular formula is C21H25ClFN3O5S. The second-order valence-corrected chi connectivity index (χ2v) is 9.90. The molecule has 0 radical (unpaired) electrons. The lowest BCUT2D eigenvalue weighted by Crippen LogP contribution is -2.44. The molecule has 32 heavy (non-hydrogen) atoms. The van der Waals surface area contributed by atoms with Crippen LogP contribution in [0.2, 0.25) is 5.02 Å². The lowest BCUT2D eigenvalue weighted by molar-refractivity contribution is -0.120. The highest BCUT2D eigenvalue weighted by Crippen LogP contribution is 2.31. The number of carbonyl (C=O) groups is 2. The summed E-state index contributed by atoms with van der Waals surface area (Å²) in [6.45, 7) is 5.12. The predicted octanol–water partition coefficient (Wildman–Crippen LogP) is 3.64. The summed E-state index contributed by atoms with van der Waals surface area (Å²) in [5.74, 6) is -2.32. The lowest BCUT2D eigenvalue weighted by atomic mass is 9.99. The smallest absolute Gasteiger partial charge is 0.341 e. The Morgan fingerprint density at radius 1 is 1.31 bits per heavy atom.